The van der Waals surface area contributed by atoms with E-state index in [1.165, 1.54) is 24.3 Å². The first-order valence-electron chi connectivity index (χ1n) is 12.9. The number of aromatic carboxylic acids is 1. The van der Waals surface area contributed by atoms with Crippen molar-refractivity contribution in [1.82, 2.24) is 19.4 Å². The Morgan fingerprint density at radius 3 is 2.62 bits per heavy atom. The van der Waals surface area contributed by atoms with Crippen molar-refractivity contribution in [1.29, 1.82) is 0 Å². The molecule has 1 N–H and O–H groups in total. The van der Waals surface area contributed by atoms with Gasteiger partial charge in [-0.05, 0) is 54.5 Å². The van der Waals surface area contributed by atoms with E-state index in [-0.39, 0.29) is 53.8 Å². The summed E-state index contributed by atoms with van der Waals surface area (Å²) in [4.78, 5) is 22.6. The van der Waals surface area contributed by atoms with Gasteiger partial charge in [0.2, 0.25) is 0 Å². The molecule has 1 saturated heterocycles. The SMILES string of the molecule is O=C(O)c1cc(F)c2nc(CN3CC=C(c4ccc(F)c(COc5ccc(Cl)cc5F)n4)C3)n(C[C@@H]3CCO3)c2c1.S. The van der Waals surface area contributed by atoms with Gasteiger partial charge in [-0.1, -0.05) is 17.7 Å². The van der Waals surface area contributed by atoms with E-state index >= 15 is 0 Å². The topological polar surface area (TPSA) is 89.7 Å². The average Bonchev–Trinajstić information content (AvgIpc) is 3.51. The predicted octanol–water partition coefficient (Wildman–Crippen LogP) is 5.58. The van der Waals surface area contributed by atoms with Crippen molar-refractivity contribution < 1.29 is 32.5 Å². The van der Waals surface area contributed by atoms with Crippen LogP contribution in [-0.4, -0.2) is 56.3 Å². The minimum absolute atomic E-state index is 0. The largest absolute Gasteiger partial charge is 0.484 e. The molecule has 8 nitrogen and oxygen atoms in total. The maximum Gasteiger partial charge on any atom is 0.335 e. The molecular weight excluding hydrogens is 593 g/mol. The number of rotatable bonds is 9. The van der Waals surface area contributed by atoms with Gasteiger partial charge in [0, 0.05) is 24.7 Å². The average molecular weight is 619 g/mol. The van der Waals surface area contributed by atoms with Crippen LogP contribution in [0.4, 0.5) is 13.2 Å². The molecule has 1 fully saturated rings. The fourth-order valence-corrected chi connectivity index (χ4v) is 5.09. The van der Waals surface area contributed by atoms with Gasteiger partial charge in [-0.2, -0.15) is 13.5 Å². The van der Waals surface area contributed by atoms with Gasteiger partial charge >= 0.3 is 5.97 Å². The van der Waals surface area contributed by atoms with E-state index in [4.69, 9.17) is 21.1 Å². The summed E-state index contributed by atoms with van der Waals surface area (Å²) in [5.41, 5.74) is 1.80. The minimum atomic E-state index is -1.22. The molecule has 2 aliphatic rings. The van der Waals surface area contributed by atoms with Gasteiger partial charge in [0.1, 0.15) is 29.5 Å². The minimum Gasteiger partial charge on any atom is -0.484 e. The van der Waals surface area contributed by atoms with Gasteiger partial charge in [-0.15, -0.1) is 0 Å². The number of fused-ring (bicyclic) bond motifs is 1. The number of imidazole rings is 1. The first-order chi connectivity index (χ1) is 19.7. The fourth-order valence-electron chi connectivity index (χ4n) is 4.93. The first-order valence-corrected chi connectivity index (χ1v) is 13.3. The third-order valence-corrected chi connectivity index (χ3v) is 7.41. The van der Waals surface area contributed by atoms with Crippen LogP contribution in [0, 0.1) is 17.5 Å². The number of benzene rings is 2. The lowest BCUT2D eigenvalue weighted by Crippen LogP contribution is -2.32. The van der Waals surface area contributed by atoms with Crippen molar-refractivity contribution in [2.75, 3.05) is 19.7 Å². The number of pyridine rings is 1. The fraction of sp³-hybridized carbons (Fsp3) is 0.276. The summed E-state index contributed by atoms with van der Waals surface area (Å²) in [7, 11) is 0. The maximum atomic E-state index is 14.8. The second-order valence-corrected chi connectivity index (χ2v) is 10.4. The van der Waals surface area contributed by atoms with Crippen LogP contribution in [0.2, 0.25) is 5.02 Å². The molecule has 0 radical (unpaired) electrons. The summed E-state index contributed by atoms with van der Waals surface area (Å²) < 4.78 is 56.3. The molecule has 42 heavy (non-hydrogen) atoms. The highest BCUT2D eigenvalue weighted by Gasteiger charge is 2.26. The molecule has 13 heteroatoms. The Hall–Kier alpha value is -3.58. The molecule has 1 atom stereocenters. The lowest BCUT2D eigenvalue weighted by Gasteiger charge is -2.28. The summed E-state index contributed by atoms with van der Waals surface area (Å²) in [5.74, 6) is -2.63. The highest BCUT2D eigenvalue weighted by atomic mass is 35.5. The Labute approximate surface area is 250 Å². The lowest BCUT2D eigenvalue weighted by atomic mass is 10.1. The first kappa shape index (κ1) is 29.9. The molecule has 0 amide bonds. The van der Waals surface area contributed by atoms with Gasteiger partial charge in [0.15, 0.2) is 17.4 Å². The van der Waals surface area contributed by atoms with E-state index in [1.54, 1.807) is 6.07 Å². The van der Waals surface area contributed by atoms with E-state index < -0.39 is 23.4 Å². The Kier molecular flexibility index (Phi) is 8.78. The molecule has 2 aromatic heterocycles. The third-order valence-electron chi connectivity index (χ3n) is 7.17. The number of ether oxygens (including phenoxy) is 2. The standard InChI is InChI=1S/C29H24ClF3N4O4.H2S/c30-18-1-4-26(21(32)11-18)41-15-24-20(31)2-3-23(34-24)16-5-7-36(12-16)14-27-35-28-22(33)9-17(29(38)39)10-25(28)37(27)13-19-6-8-40-19;/h1-5,9-11,19H,6-8,12-15H2,(H,38,39);1H2/t19-;/m0./s1. The van der Waals surface area contributed by atoms with Crippen LogP contribution in [0.25, 0.3) is 16.6 Å². The van der Waals surface area contributed by atoms with Crippen molar-refractivity contribution in [3.63, 3.8) is 0 Å². The van der Waals surface area contributed by atoms with Crippen molar-refractivity contribution in [2.24, 2.45) is 0 Å². The van der Waals surface area contributed by atoms with Crippen molar-refractivity contribution in [3.05, 3.63) is 93.8 Å². The van der Waals surface area contributed by atoms with Gasteiger partial charge < -0.3 is 19.1 Å². The molecular formula is C29H26ClF3N4O4S. The molecule has 0 bridgehead atoms. The molecule has 2 aromatic carbocycles. The summed E-state index contributed by atoms with van der Waals surface area (Å²) in [6, 6.07) is 9.24. The molecule has 6 rings (SSSR count). The van der Waals surface area contributed by atoms with Crippen LogP contribution in [0.1, 0.15) is 34.0 Å². The van der Waals surface area contributed by atoms with Crippen LogP contribution < -0.4 is 4.74 Å². The zero-order valence-corrected chi connectivity index (χ0v) is 23.9. The Bertz CT molecular complexity index is 1700. The van der Waals surface area contributed by atoms with E-state index in [1.807, 2.05) is 10.6 Å². The number of hydrogen-bond donors (Lipinski definition) is 1. The second-order valence-electron chi connectivity index (χ2n) is 9.94. The second kappa shape index (κ2) is 12.3. The summed E-state index contributed by atoms with van der Waals surface area (Å²) in [6.45, 7) is 2.17. The third kappa shape index (κ3) is 6.12. The number of hydrogen-bond acceptors (Lipinski definition) is 6. The smallest absolute Gasteiger partial charge is 0.335 e. The maximum absolute atomic E-state index is 14.8. The summed E-state index contributed by atoms with van der Waals surface area (Å²) in [6.07, 6.45) is 2.76. The van der Waals surface area contributed by atoms with E-state index in [2.05, 4.69) is 14.9 Å². The van der Waals surface area contributed by atoms with Crippen LogP contribution in [-0.2, 0) is 24.4 Å². The highest BCUT2D eigenvalue weighted by Crippen LogP contribution is 2.28. The number of carboxylic acid groups (broad SMARTS) is 1. The van der Waals surface area contributed by atoms with Crippen molar-refractivity contribution >= 4 is 47.7 Å². The van der Waals surface area contributed by atoms with E-state index in [0.29, 0.717) is 49.8 Å². The zero-order valence-electron chi connectivity index (χ0n) is 22.1. The summed E-state index contributed by atoms with van der Waals surface area (Å²) >= 11 is 5.77. The van der Waals surface area contributed by atoms with Crippen molar-refractivity contribution in [2.45, 2.75) is 32.2 Å². The Balaban J connectivity index is 0.00000353. The van der Waals surface area contributed by atoms with Crippen LogP contribution in [0.3, 0.4) is 0 Å². The number of aromatic nitrogens is 3. The molecule has 220 valence electrons. The number of carboxylic acids is 1. The predicted molar refractivity (Wildman–Crippen MR) is 155 cm³/mol. The number of nitrogens with zero attached hydrogens (tertiary/aromatic N) is 4. The van der Waals surface area contributed by atoms with Gasteiger partial charge in [-0.25, -0.2) is 27.9 Å². The molecule has 0 unspecified atom stereocenters. The molecule has 0 saturated carbocycles. The molecule has 2 aliphatic heterocycles. The lowest BCUT2D eigenvalue weighted by molar-refractivity contribution is -0.0591. The van der Waals surface area contributed by atoms with Crippen molar-refractivity contribution in [3.8, 4) is 5.75 Å². The zero-order chi connectivity index (χ0) is 28.7. The van der Waals surface area contributed by atoms with Crippen LogP contribution in [0.15, 0.2) is 48.5 Å². The Morgan fingerprint density at radius 1 is 1.10 bits per heavy atom. The summed E-state index contributed by atoms with van der Waals surface area (Å²) in [5, 5.41) is 9.65. The quantitative estimate of drug-likeness (QED) is 0.262. The molecule has 4 aromatic rings. The highest BCUT2D eigenvalue weighted by molar-refractivity contribution is 7.59. The number of carbonyl (C=O) groups is 1. The molecule has 4 heterocycles. The van der Waals surface area contributed by atoms with Gasteiger partial charge in [-0.3, -0.25) is 4.90 Å². The van der Waals surface area contributed by atoms with Gasteiger partial charge in [0.25, 0.3) is 0 Å². The van der Waals surface area contributed by atoms with Crippen LogP contribution in [0.5, 0.6) is 5.75 Å². The Morgan fingerprint density at radius 2 is 1.90 bits per heavy atom. The van der Waals surface area contributed by atoms with Gasteiger partial charge in [0.05, 0.1) is 36.0 Å². The normalized spacial score (nSPS) is 16.7. The molecule has 0 spiro atoms. The monoisotopic (exact) mass is 618 g/mol. The van der Waals surface area contributed by atoms with E-state index in [9.17, 15) is 23.1 Å². The number of halogens is 4. The molecule has 0 aliphatic carbocycles. The van der Waals surface area contributed by atoms with E-state index in [0.717, 1.165) is 24.1 Å². The van der Waals surface area contributed by atoms with Crippen LogP contribution >= 0.6 is 25.1 Å².